The Kier molecular flexibility index (Phi) is 7.36. The van der Waals surface area contributed by atoms with Crippen molar-refractivity contribution in [2.24, 2.45) is 10.7 Å². The zero-order chi connectivity index (χ0) is 25.1. The molecule has 0 radical (unpaired) electrons. The van der Waals surface area contributed by atoms with Crippen molar-refractivity contribution < 1.29 is 8.42 Å². The quantitative estimate of drug-likeness (QED) is 0.505. The SMILES string of the molecule is CCN1CCN(S(=O)(=O)c2ccc(-c3cnc4nc(CCC5CCCCC(N)=N5)[nH]c4c3)cc2)CC1. The molecule has 2 aliphatic heterocycles. The minimum absolute atomic E-state index is 0.259. The van der Waals surface area contributed by atoms with Crippen molar-refractivity contribution in [3.8, 4) is 11.1 Å². The molecule has 0 aliphatic carbocycles. The first-order valence-electron chi connectivity index (χ1n) is 12.9. The van der Waals surface area contributed by atoms with Crippen molar-refractivity contribution in [1.29, 1.82) is 0 Å². The molecule has 0 saturated carbocycles. The van der Waals surface area contributed by atoms with Crippen LogP contribution in [0.4, 0.5) is 0 Å². The molecule has 9 nitrogen and oxygen atoms in total. The molecule has 4 heterocycles. The predicted molar refractivity (Wildman–Crippen MR) is 142 cm³/mol. The number of fused-ring (bicyclic) bond motifs is 1. The van der Waals surface area contributed by atoms with Gasteiger partial charge in [-0.05, 0) is 49.6 Å². The molecule has 1 aromatic carbocycles. The summed E-state index contributed by atoms with van der Waals surface area (Å²) in [5.41, 5.74) is 9.37. The van der Waals surface area contributed by atoms with E-state index in [-0.39, 0.29) is 6.04 Å². The third-order valence-electron chi connectivity index (χ3n) is 7.27. The molecule has 36 heavy (non-hydrogen) atoms. The van der Waals surface area contributed by atoms with E-state index >= 15 is 0 Å². The summed E-state index contributed by atoms with van der Waals surface area (Å²) in [7, 11) is -3.49. The average Bonchev–Trinajstić information content (AvgIpc) is 3.20. The second-order valence-electron chi connectivity index (χ2n) is 9.70. The molecule has 3 N–H and O–H groups in total. The van der Waals surface area contributed by atoms with Gasteiger partial charge in [0.1, 0.15) is 5.82 Å². The van der Waals surface area contributed by atoms with Crippen LogP contribution in [-0.2, 0) is 16.4 Å². The molecule has 1 unspecified atom stereocenters. The van der Waals surface area contributed by atoms with Gasteiger partial charge in [0.05, 0.1) is 22.3 Å². The summed E-state index contributed by atoms with van der Waals surface area (Å²) in [5, 5.41) is 0. The van der Waals surface area contributed by atoms with Crippen LogP contribution in [0, 0.1) is 0 Å². The highest BCUT2D eigenvalue weighted by Gasteiger charge is 2.28. The number of amidine groups is 1. The lowest BCUT2D eigenvalue weighted by Crippen LogP contribution is -2.48. The first-order valence-corrected chi connectivity index (χ1v) is 14.4. The van der Waals surface area contributed by atoms with Crippen LogP contribution in [-0.4, -0.2) is 77.2 Å². The molecule has 1 atom stereocenters. The lowest BCUT2D eigenvalue weighted by atomic mass is 10.1. The molecule has 2 aliphatic rings. The molecule has 5 rings (SSSR count). The molecule has 1 fully saturated rings. The number of nitrogens with zero attached hydrogens (tertiary/aromatic N) is 5. The second-order valence-corrected chi connectivity index (χ2v) is 11.6. The number of imidazole rings is 1. The summed E-state index contributed by atoms with van der Waals surface area (Å²) in [6.07, 6.45) is 7.75. The fourth-order valence-electron chi connectivity index (χ4n) is 5.04. The predicted octanol–water partition coefficient (Wildman–Crippen LogP) is 3.18. The van der Waals surface area contributed by atoms with Crippen molar-refractivity contribution in [2.45, 2.75) is 56.4 Å². The number of nitrogens with one attached hydrogen (secondary N) is 1. The Morgan fingerprint density at radius 2 is 1.86 bits per heavy atom. The summed E-state index contributed by atoms with van der Waals surface area (Å²) in [6, 6.07) is 9.37. The molecular formula is C26H35N7O2S. The molecule has 1 saturated heterocycles. The minimum Gasteiger partial charge on any atom is -0.387 e. The Bertz CT molecular complexity index is 1330. The Hall–Kier alpha value is -2.82. The number of H-pyrrole nitrogens is 1. The van der Waals surface area contributed by atoms with Crippen LogP contribution in [0.1, 0.15) is 44.9 Å². The van der Waals surface area contributed by atoms with Gasteiger partial charge in [-0.15, -0.1) is 0 Å². The highest BCUT2D eigenvalue weighted by Crippen LogP contribution is 2.26. The van der Waals surface area contributed by atoms with Crippen LogP contribution in [0.25, 0.3) is 22.3 Å². The largest absolute Gasteiger partial charge is 0.387 e. The van der Waals surface area contributed by atoms with Crippen molar-refractivity contribution >= 4 is 27.0 Å². The van der Waals surface area contributed by atoms with Crippen LogP contribution < -0.4 is 5.73 Å². The van der Waals surface area contributed by atoms with E-state index in [1.807, 2.05) is 18.2 Å². The Balaban J connectivity index is 1.27. The van der Waals surface area contributed by atoms with Crippen LogP contribution >= 0.6 is 0 Å². The lowest BCUT2D eigenvalue weighted by Gasteiger charge is -2.33. The summed E-state index contributed by atoms with van der Waals surface area (Å²) in [5.74, 6) is 1.67. The number of sulfonamides is 1. The molecule has 0 bridgehead atoms. The van der Waals surface area contributed by atoms with Crippen LogP contribution in [0.3, 0.4) is 0 Å². The molecule has 0 amide bonds. The van der Waals surface area contributed by atoms with Crippen LogP contribution in [0.5, 0.6) is 0 Å². The van der Waals surface area contributed by atoms with E-state index in [9.17, 15) is 8.42 Å². The fraction of sp³-hybridized carbons (Fsp3) is 0.500. The van der Waals surface area contributed by atoms with Gasteiger partial charge in [-0.2, -0.15) is 4.31 Å². The molecule has 0 spiro atoms. The van der Waals surface area contributed by atoms with E-state index < -0.39 is 10.0 Å². The highest BCUT2D eigenvalue weighted by molar-refractivity contribution is 7.89. The number of pyridine rings is 1. The van der Waals surface area contributed by atoms with Gasteiger partial charge in [0, 0.05) is 50.8 Å². The van der Waals surface area contributed by atoms with Gasteiger partial charge >= 0.3 is 0 Å². The van der Waals surface area contributed by atoms with Gasteiger partial charge < -0.3 is 15.6 Å². The average molecular weight is 510 g/mol. The lowest BCUT2D eigenvalue weighted by molar-refractivity contribution is 0.196. The summed E-state index contributed by atoms with van der Waals surface area (Å²) in [4.78, 5) is 19.8. The zero-order valence-electron chi connectivity index (χ0n) is 20.9. The van der Waals surface area contributed by atoms with E-state index in [0.717, 1.165) is 86.5 Å². The number of benzene rings is 1. The molecule has 10 heteroatoms. The number of likely N-dealkylation sites (N-methyl/N-ethyl adjacent to an activating group) is 1. The number of rotatable bonds is 7. The third kappa shape index (κ3) is 5.45. The number of piperazine rings is 1. The number of aromatic amines is 1. The normalized spacial score (nSPS) is 20.4. The number of aryl methyl sites for hydroxylation is 1. The topological polar surface area (TPSA) is 121 Å². The first-order chi connectivity index (χ1) is 17.4. The van der Waals surface area contributed by atoms with Crippen LogP contribution in [0.15, 0.2) is 46.4 Å². The number of hydrogen-bond donors (Lipinski definition) is 2. The first kappa shape index (κ1) is 24.9. The van der Waals surface area contributed by atoms with Crippen molar-refractivity contribution in [3.63, 3.8) is 0 Å². The maximum atomic E-state index is 13.1. The molecular weight excluding hydrogens is 474 g/mol. The third-order valence-corrected chi connectivity index (χ3v) is 9.19. The molecule has 192 valence electrons. The highest BCUT2D eigenvalue weighted by atomic mass is 32.2. The number of aromatic nitrogens is 3. The maximum Gasteiger partial charge on any atom is 0.243 e. The Morgan fingerprint density at radius 1 is 1.08 bits per heavy atom. The van der Waals surface area contributed by atoms with Crippen molar-refractivity contribution in [2.75, 3.05) is 32.7 Å². The van der Waals surface area contributed by atoms with Gasteiger partial charge in [0.15, 0.2) is 5.65 Å². The standard InChI is InChI=1S/C26H35N7O2S/c1-2-32-13-15-33(16-14-32)36(34,35)22-10-7-19(8-11-22)20-17-23-26(28-18-20)31-25(30-23)12-9-21-5-3-4-6-24(27)29-21/h7-8,10-11,17-18,21H,2-6,9,12-16H2,1H3,(H2,27,29)(H,28,30,31). The number of aliphatic imine (C=N–C) groups is 1. The monoisotopic (exact) mass is 509 g/mol. The van der Waals surface area contributed by atoms with Gasteiger partial charge in [-0.25, -0.2) is 18.4 Å². The smallest absolute Gasteiger partial charge is 0.243 e. The van der Waals surface area contributed by atoms with Crippen molar-refractivity contribution in [1.82, 2.24) is 24.2 Å². The van der Waals surface area contributed by atoms with E-state index in [1.54, 1.807) is 22.6 Å². The summed E-state index contributed by atoms with van der Waals surface area (Å²) in [6.45, 7) is 5.65. The van der Waals surface area contributed by atoms with E-state index in [2.05, 4.69) is 31.8 Å². The van der Waals surface area contributed by atoms with Gasteiger partial charge in [-0.1, -0.05) is 25.5 Å². The second kappa shape index (κ2) is 10.7. The van der Waals surface area contributed by atoms with Gasteiger partial charge in [-0.3, -0.25) is 4.99 Å². The van der Waals surface area contributed by atoms with E-state index in [1.165, 1.54) is 0 Å². The number of nitrogens with two attached hydrogens (primary N) is 1. The Labute approximate surface area is 212 Å². The number of hydrogen-bond acceptors (Lipinski definition) is 7. The van der Waals surface area contributed by atoms with Gasteiger partial charge in [0.2, 0.25) is 10.0 Å². The summed E-state index contributed by atoms with van der Waals surface area (Å²) < 4.78 is 27.8. The van der Waals surface area contributed by atoms with E-state index in [4.69, 9.17) is 5.73 Å². The summed E-state index contributed by atoms with van der Waals surface area (Å²) >= 11 is 0. The molecule has 2 aromatic heterocycles. The van der Waals surface area contributed by atoms with Crippen LogP contribution in [0.2, 0.25) is 0 Å². The zero-order valence-corrected chi connectivity index (χ0v) is 21.7. The Morgan fingerprint density at radius 3 is 2.61 bits per heavy atom. The molecule has 3 aromatic rings. The van der Waals surface area contributed by atoms with Gasteiger partial charge in [0.25, 0.3) is 0 Å². The van der Waals surface area contributed by atoms with E-state index in [0.29, 0.717) is 23.6 Å². The maximum absolute atomic E-state index is 13.1. The van der Waals surface area contributed by atoms with Crippen molar-refractivity contribution in [3.05, 3.63) is 42.4 Å². The fourth-order valence-corrected chi connectivity index (χ4v) is 6.46. The minimum atomic E-state index is -3.49.